The van der Waals surface area contributed by atoms with E-state index in [1.807, 2.05) is 0 Å². The fraction of sp³-hybridized carbons (Fsp3) is 0.318. The molecule has 2 heterocycles. The number of ether oxygens (including phenoxy) is 1. The van der Waals surface area contributed by atoms with Gasteiger partial charge in [0.2, 0.25) is 0 Å². The first-order valence-corrected chi connectivity index (χ1v) is 9.15. The number of hydrogen-bond acceptors (Lipinski definition) is 3. The van der Waals surface area contributed by atoms with Gasteiger partial charge in [0, 0.05) is 43.0 Å². The Morgan fingerprint density at radius 2 is 1.76 bits per heavy atom. The molecule has 25 heavy (non-hydrogen) atoms. The molecule has 2 bridgehead atoms. The van der Waals surface area contributed by atoms with Crippen molar-refractivity contribution in [1.82, 2.24) is 4.90 Å². The van der Waals surface area contributed by atoms with Crippen molar-refractivity contribution in [3.05, 3.63) is 71.0 Å². The Morgan fingerprint density at radius 3 is 2.60 bits per heavy atom. The molecule has 0 radical (unpaired) electrons. The zero-order valence-electron chi connectivity index (χ0n) is 14.4. The molecule has 2 aromatic carbocycles. The Morgan fingerprint density at radius 1 is 0.920 bits per heavy atom. The van der Waals surface area contributed by atoms with Crippen LogP contribution in [0.25, 0.3) is 11.3 Å². The number of morpholine rings is 1. The summed E-state index contributed by atoms with van der Waals surface area (Å²) in [6.45, 7) is 5.60. The van der Waals surface area contributed by atoms with Crippen LogP contribution in [0.4, 0.5) is 5.69 Å². The van der Waals surface area contributed by atoms with E-state index in [1.165, 1.54) is 33.6 Å². The second-order valence-electron chi connectivity index (χ2n) is 6.91. The molecular weight excluding hydrogens is 308 g/mol. The van der Waals surface area contributed by atoms with Crippen LogP contribution in [0.3, 0.4) is 0 Å². The van der Waals surface area contributed by atoms with Crippen LogP contribution in [0.5, 0.6) is 0 Å². The molecule has 3 heteroatoms. The molecule has 1 fully saturated rings. The summed E-state index contributed by atoms with van der Waals surface area (Å²) < 4.78 is 5.55. The predicted molar refractivity (Wildman–Crippen MR) is 101 cm³/mol. The fourth-order valence-electron chi connectivity index (χ4n) is 4.14. The van der Waals surface area contributed by atoms with Gasteiger partial charge in [-0.1, -0.05) is 48.2 Å². The molecule has 2 aromatic rings. The smallest absolute Gasteiger partial charge is 0.0907 e. The van der Waals surface area contributed by atoms with Gasteiger partial charge in [-0.05, 0) is 23.6 Å². The van der Waals surface area contributed by atoms with Gasteiger partial charge >= 0.3 is 0 Å². The van der Waals surface area contributed by atoms with Gasteiger partial charge in [0.1, 0.15) is 0 Å². The molecule has 0 amide bonds. The first-order valence-electron chi connectivity index (χ1n) is 9.15. The van der Waals surface area contributed by atoms with E-state index in [4.69, 9.17) is 4.74 Å². The molecule has 2 aliphatic heterocycles. The highest BCUT2D eigenvalue weighted by Gasteiger charge is 2.31. The minimum absolute atomic E-state index is 0.816. The van der Waals surface area contributed by atoms with E-state index in [-0.39, 0.29) is 0 Å². The van der Waals surface area contributed by atoms with Crippen molar-refractivity contribution in [1.29, 1.82) is 0 Å². The highest BCUT2D eigenvalue weighted by atomic mass is 16.5. The third-order valence-corrected chi connectivity index (χ3v) is 5.39. The summed E-state index contributed by atoms with van der Waals surface area (Å²) in [7, 11) is 0. The van der Waals surface area contributed by atoms with E-state index in [9.17, 15) is 0 Å². The van der Waals surface area contributed by atoms with Gasteiger partial charge in [-0.15, -0.1) is 0 Å². The summed E-state index contributed by atoms with van der Waals surface area (Å²) in [6.07, 6.45) is 1.08. The Bertz CT molecular complexity index is 859. The van der Waals surface area contributed by atoms with Crippen molar-refractivity contribution in [3.63, 3.8) is 0 Å². The fourth-order valence-corrected chi connectivity index (χ4v) is 4.14. The third-order valence-electron chi connectivity index (χ3n) is 5.39. The number of fused-ring (bicyclic) bond motifs is 3. The zero-order chi connectivity index (χ0) is 16.6. The van der Waals surface area contributed by atoms with E-state index in [2.05, 4.69) is 64.1 Å². The lowest BCUT2D eigenvalue weighted by atomic mass is 10.0. The molecule has 3 nitrogen and oxygen atoms in total. The topological polar surface area (TPSA) is 15.7 Å². The van der Waals surface area contributed by atoms with Crippen molar-refractivity contribution >= 4 is 17.0 Å². The molecule has 0 saturated carbocycles. The minimum Gasteiger partial charge on any atom is -0.378 e. The zero-order valence-corrected chi connectivity index (χ0v) is 14.4. The maximum atomic E-state index is 5.55. The SMILES string of the molecule is C1=C2CCN(Cc3ccccc3)C=1c1c2cccc1N1CCOCC1. The third kappa shape index (κ3) is 2.57. The van der Waals surface area contributed by atoms with Crippen molar-refractivity contribution < 1.29 is 4.74 Å². The first-order chi connectivity index (χ1) is 12.4. The Kier molecular flexibility index (Phi) is 3.62. The van der Waals surface area contributed by atoms with Crippen molar-refractivity contribution in [2.24, 2.45) is 0 Å². The van der Waals surface area contributed by atoms with Crippen LogP contribution in [-0.4, -0.2) is 37.7 Å². The van der Waals surface area contributed by atoms with Gasteiger partial charge in [-0.2, -0.15) is 0 Å². The van der Waals surface area contributed by atoms with Gasteiger partial charge in [0.15, 0.2) is 0 Å². The second kappa shape index (κ2) is 6.11. The quantitative estimate of drug-likeness (QED) is 0.797. The van der Waals surface area contributed by atoms with Crippen LogP contribution in [0.15, 0.2) is 54.3 Å². The Labute approximate surface area is 148 Å². The molecule has 0 N–H and O–H groups in total. The van der Waals surface area contributed by atoms with Crippen LogP contribution >= 0.6 is 0 Å². The van der Waals surface area contributed by atoms with Gasteiger partial charge in [-0.25, -0.2) is 0 Å². The number of hydrogen-bond donors (Lipinski definition) is 0. The number of benzene rings is 2. The van der Waals surface area contributed by atoms with Gasteiger partial charge in [-0.3, -0.25) is 0 Å². The van der Waals surface area contributed by atoms with Crippen LogP contribution in [0.2, 0.25) is 0 Å². The molecule has 1 aliphatic carbocycles. The molecule has 0 aromatic heterocycles. The lowest BCUT2D eigenvalue weighted by Gasteiger charge is -2.32. The molecular formula is C22H22N2O. The van der Waals surface area contributed by atoms with Crippen LogP contribution in [0, 0.1) is 0 Å². The van der Waals surface area contributed by atoms with E-state index < -0.39 is 0 Å². The van der Waals surface area contributed by atoms with Crippen molar-refractivity contribution in [2.45, 2.75) is 13.0 Å². The number of nitrogens with zero attached hydrogens (tertiary/aromatic N) is 2. The van der Waals surface area contributed by atoms with E-state index >= 15 is 0 Å². The summed E-state index contributed by atoms with van der Waals surface area (Å²) in [6, 6.07) is 17.5. The number of anilines is 1. The normalized spacial score (nSPS) is 18.7. The molecule has 5 rings (SSSR count). The minimum atomic E-state index is 0.816. The Balaban J connectivity index is 1.52. The summed E-state index contributed by atoms with van der Waals surface area (Å²) in [5.74, 6) is 0. The first kappa shape index (κ1) is 14.8. The standard InChI is InChI=1S/C22H22N2O/c1-2-5-17(6-3-1)16-24-10-9-18-15-21(24)22-19(18)7-4-8-20(22)23-11-13-25-14-12-23/h1-8H,9-14,16H2. The van der Waals surface area contributed by atoms with E-state index in [1.54, 1.807) is 0 Å². The lowest BCUT2D eigenvalue weighted by Crippen LogP contribution is -2.37. The van der Waals surface area contributed by atoms with Crippen LogP contribution in [-0.2, 0) is 11.3 Å². The van der Waals surface area contributed by atoms with Crippen molar-refractivity contribution in [2.75, 3.05) is 37.7 Å². The van der Waals surface area contributed by atoms with Gasteiger partial charge < -0.3 is 14.5 Å². The Hall–Kier alpha value is -2.48. The van der Waals surface area contributed by atoms with Crippen LogP contribution in [0.1, 0.15) is 23.1 Å². The van der Waals surface area contributed by atoms with Gasteiger partial charge in [0.05, 0.1) is 18.9 Å². The highest BCUT2D eigenvalue weighted by molar-refractivity contribution is 5.94. The van der Waals surface area contributed by atoms with Gasteiger partial charge in [0.25, 0.3) is 0 Å². The summed E-state index contributed by atoms with van der Waals surface area (Å²) in [4.78, 5) is 4.97. The molecule has 0 spiro atoms. The molecule has 126 valence electrons. The highest BCUT2D eigenvalue weighted by Crippen LogP contribution is 2.44. The molecule has 1 saturated heterocycles. The molecule has 0 unspecified atom stereocenters. The maximum absolute atomic E-state index is 5.55. The second-order valence-corrected chi connectivity index (χ2v) is 6.91. The molecule has 3 aliphatic rings. The van der Waals surface area contributed by atoms with E-state index in [0.717, 1.165) is 45.8 Å². The predicted octanol–water partition coefficient (Wildman–Crippen LogP) is 3.77. The summed E-state index contributed by atoms with van der Waals surface area (Å²) >= 11 is 0. The lowest BCUT2D eigenvalue weighted by molar-refractivity contribution is 0.122. The summed E-state index contributed by atoms with van der Waals surface area (Å²) in [5, 5.41) is 0. The molecule has 0 atom stereocenters. The van der Waals surface area contributed by atoms with E-state index in [0.29, 0.717) is 0 Å². The monoisotopic (exact) mass is 330 g/mol. The van der Waals surface area contributed by atoms with Crippen LogP contribution < -0.4 is 4.90 Å². The average Bonchev–Trinajstić information content (AvgIpc) is 2.99. The average molecular weight is 330 g/mol. The van der Waals surface area contributed by atoms with Crippen molar-refractivity contribution in [3.8, 4) is 0 Å². The summed E-state index contributed by atoms with van der Waals surface area (Å²) in [5.41, 5.74) is 11.8. The largest absolute Gasteiger partial charge is 0.378 e. The maximum Gasteiger partial charge on any atom is 0.0907 e. The number of rotatable bonds is 3.